The molecule has 0 saturated heterocycles. The zero-order valence-electron chi connectivity index (χ0n) is 16.4. The zero-order valence-corrected chi connectivity index (χ0v) is 16.4. The fraction of sp³-hybridized carbons (Fsp3) is 0.200. The minimum absolute atomic E-state index is 0.0494. The van der Waals surface area contributed by atoms with Gasteiger partial charge >= 0.3 is 6.03 Å². The third kappa shape index (κ3) is 4.91. The van der Waals surface area contributed by atoms with E-state index in [1.807, 2.05) is 47.4 Å². The van der Waals surface area contributed by atoms with Crippen molar-refractivity contribution in [2.24, 2.45) is 4.99 Å². The lowest BCUT2D eigenvalue weighted by Crippen LogP contribution is -2.42. The Morgan fingerprint density at radius 2 is 1.31 bits per heavy atom. The number of aliphatic imine (C=N–C) groups is 1. The molecule has 1 N–H and O–H groups in total. The topological polar surface area (TPSA) is 44.7 Å². The molecule has 3 aromatic carbocycles. The molecule has 0 fully saturated rings. The normalized spacial score (nSPS) is 16.0. The van der Waals surface area contributed by atoms with Gasteiger partial charge < -0.3 is 10.2 Å². The molecule has 0 saturated carbocycles. The van der Waals surface area contributed by atoms with E-state index in [-0.39, 0.29) is 12.1 Å². The van der Waals surface area contributed by atoms with E-state index in [9.17, 15) is 4.79 Å². The smallest absolute Gasteiger partial charge is 0.346 e. The Morgan fingerprint density at radius 3 is 1.93 bits per heavy atom. The van der Waals surface area contributed by atoms with Crippen LogP contribution in [0.3, 0.4) is 0 Å². The van der Waals surface area contributed by atoms with Gasteiger partial charge in [0.05, 0.1) is 6.04 Å². The van der Waals surface area contributed by atoms with Crippen LogP contribution in [-0.2, 0) is 19.5 Å². The van der Waals surface area contributed by atoms with Gasteiger partial charge in [0.15, 0.2) is 0 Å². The summed E-state index contributed by atoms with van der Waals surface area (Å²) in [5.74, 6) is 0.769. The lowest BCUT2D eigenvalue weighted by atomic mass is 10.0. The van der Waals surface area contributed by atoms with Gasteiger partial charge in [-0.2, -0.15) is 4.99 Å². The van der Waals surface area contributed by atoms with Crippen LogP contribution in [0.4, 0.5) is 4.79 Å². The molecule has 3 aromatic rings. The second-order valence-corrected chi connectivity index (χ2v) is 7.27. The van der Waals surface area contributed by atoms with E-state index in [1.165, 1.54) is 11.1 Å². The van der Waals surface area contributed by atoms with E-state index in [2.05, 4.69) is 58.8 Å². The van der Waals surface area contributed by atoms with Crippen LogP contribution in [-0.4, -0.2) is 22.8 Å². The lowest BCUT2D eigenvalue weighted by molar-refractivity contribution is 0.201. The number of carbonyl (C=O) groups is 1. The zero-order chi connectivity index (χ0) is 19.9. The lowest BCUT2D eigenvalue weighted by Gasteiger charge is -2.26. The first-order valence-corrected chi connectivity index (χ1v) is 10.0. The third-order valence-electron chi connectivity index (χ3n) is 5.22. The van der Waals surface area contributed by atoms with E-state index in [4.69, 9.17) is 0 Å². The first kappa shape index (κ1) is 18.9. The average Bonchev–Trinajstić information content (AvgIpc) is 3.07. The van der Waals surface area contributed by atoms with Crippen LogP contribution in [0.25, 0.3) is 0 Å². The summed E-state index contributed by atoms with van der Waals surface area (Å²) in [5.41, 5.74) is 3.56. The monoisotopic (exact) mass is 383 g/mol. The van der Waals surface area contributed by atoms with Crippen LogP contribution in [0.5, 0.6) is 0 Å². The summed E-state index contributed by atoms with van der Waals surface area (Å²) in [7, 11) is 0. The molecular formula is C25H25N3O. The van der Waals surface area contributed by atoms with Gasteiger partial charge in [-0.1, -0.05) is 91.0 Å². The van der Waals surface area contributed by atoms with Gasteiger partial charge in [0, 0.05) is 13.1 Å². The van der Waals surface area contributed by atoms with Crippen LogP contribution < -0.4 is 5.32 Å². The highest BCUT2D eigenvalue weighted by molar-refractivity contribution is 6.03. The van der Waals surface area contributed by atoms with Crippen LogP contribution in [0, 0.1) is 0 Å². The van der Waals surface area contributed by atoms with Crippen LogP contribution in [0.15, 0.2) is 96.0 Å². The van der Waals surface area contributed by atoms with Crippen molar-refractivity contribution in [1.82, 2.24) is 10.2 Å². The second-order valence-electron chi connectivity index (χ2n) is 7.27. The minimum Gasteiger partial charge on any atom is -0.368 e. The summed E-state index contributed by atoms with van der Waals surface area (Å²) in [4.78, 5) is 19.0. The molecule has 4 rings (SSSR count). The molecule has 0 aliphatic carbocycles. The highest BCUT2D eigenvalue weighted by Gasteiger charge is 2.34. The van der Waals surface area contributed by atoms with Crippen LogP contribution >= 0.6 is 0 Å². The Bertz CT molecular complexity index is 955. The fourth-order valence-electron chi connectivity index (χ4n) is 3.67. The van der Waals surface area contributed by atoms with Crippen molar-refractivity contribution < 1.29 is 4.79 Å². The van der Waals surface area contributed by atoms with E-state index in [0.717, 1.165) is 24.2 Å². The molecule has 4 heteroatoms. The maximum Gasteiger partial charge on any atom is 0.346 e. The van der Waals surface area contributed by atoms with E-state index in [0.29, 0.717) is 13.1 Å². The van der Waals surface area contributed by atoms with Crippen molar-refractivity contribution in [1.29, 1.82) is 0 Å². The van der Waals surface area contributed by atoms with Gasteiger partial charge in [0.25, 0.3) is 0 Å². The van der Waals surface area contributed by atoms with Crippen LogP contribution in [0.2, 0.25) is 0 Å². The summed E-state index contributed by atoms with van der Waals surface area (Å²) in [6, 6.07) is 30.5. The maximum atomic E-state index is 12.7. The van der Waals surface area contributed by atoms with Crippen molar-refractivity contribution in [3.05, 3.63) is 108 Å². The molecule has 0 spiro atoms. The number of rotatable bonds is 7. The molecule has 1 heterocycles. The molecule has 0 bridgehead atoms. The van der Waals surface area contributed by atoms with Gasteiger partial charge in [0.2, 0.25) is 0 Å². The quantitative estimate of drug-likeness (QED) is 0.636. The fourth-order valence-corrected chi connectivity index (χ4v) is 3.67. The summed E-state index contributed by atoms with van der Waals surface area (Å²) in [6.07, 6.45) is 1.74. The summed E-state index contributed by atoms with van der Waals surface area (Å²) >= 11 is 0. The first-order chi connectivity index (χ1) is 14.3. The molecule has 1 aliphatic heterocycles. The Kier molecular flexibility index (Phi) is 6.01. The number of aryl methyl sites for hydroxylation is 1. The van der Waals surface area contributed by atoms with Crippen molar-refractivity contribution in [3.8, 4) is 0 Å². The summed E-state index contributed by atoms with van der Waals surface area (Å²) < 4.78 is 0. The van der Waals surface area contributed by atoms with Gasteiger partial charge in [-0.25, -0.2) is 4.79 Å². The standard InChI is InChI=1S/C25H25N3O/c29-25-27-24(26-18-21-12-6-2-7-13-21)23(17-16-20-10-4-1-5-11-20)28(25)19-22-14-8-3-9-15-22/h1-15,23H,16-19H2,(H,26,27,29). The first-order valence-electron chi connectivity index (χ1n) is 10.0. The number of hydrogen-bond acceptors (Lipinski definition) is 2. The van der Waals surface area contributed by atoms with E-state index < -0.39 is 0 Å². The molecule has 1 atom stereocenters. The predicted molar refractivity (Wildman–Crippen MR) is 117 cm³/mol. The molecule has 146 valence electrons. The molecule has 1 aliphatic rings. The average molecular weight is 383 g/mol. The highest BCUT2D eigenvalue weighted by atomic mass is 16.2. The number of amidine groups is 1. The Balaban J connectivity index is 1.49. The molecular weight excluding hydrogens is 358 g/mol. The molecule has 1 unspecified atom stereocenters. The number of nitrogens with one attached hydrogen (secondary N) is 1. The maximum absolute atomic E-state index is 12.7. The minimum atomic E-state index is -0.164. The number of urea groups is 1. The Hall–Kier alpha value is -3.40. The predicted octanol–water partition coefficient (Wildman–Crippen LogP) is 4.81. The van der Waals surface area contributed by atoms with Crippen molar-refractivity contribution >= 4 is 11.9 Å². The molecule has 0 radical (unpaired) electrons. The van der Waals surface area contributed by atoms with Crippen molar-refractivity contribution in [2.45, 2.75) is 32.0 Å². The molecule has 4 nitrogen and oxygen atoms in total. The summed E-state index contributed by atoms with van der Waals surface area (Å²) in [6.45, 7) is 1.23. The van der Waals surface area contributed by atoms with Gasteiger partial charge in [0.1, 0.15) is 5.84 Å². The summed E-state index contributed by atoms with van der Waals surface area (Å²) in [5, 5.41) is 3.42. The third-order valence-corrected chi connectivity index (χ3v) is 5.22. The van der Waals surface area contributed by atoms with Gasteiger partial charge in [-0.05, 0) is 29.5 Å². The van der Waals surface area contributed by atoms with E-state index in [1.54, 1.807) is 0 Å². The molecule has 2 amide bonds. The van der Waals surface area contributed by atoms with Crippen molar-refractivity contribution in [2.75, 3.05) is 0 Å². The largest absolute Gasteiger partial charge is 0.368 e. The molecule has 29 heavy (non-hydrogen) atoms. The van der Waals surface area contributed by atoms with E-state index >= 15 is 0 Å². The number of carbonyl (C=O) groups excluding carboxylic acids is 1. The number of nitrogens with zero attached hydrogens (tertiary/aromatic N) is 2. The number of amides is 2. The molecule has 0 aromatic heterocycles. The Morgan fingerprint density at radius 1 is 0.759 bits per heavy atom. The number of benzene rings is 3. The number of hydrogen-bond donors (Lipinski definition) is 1. The Labute approximate surface area is 171 Å². The van der Waals surface area contributed by atoms with Crippen LogP contribution in [0.1, 0.15) is 23.1 Å². The van der Waals surface area contributed by atoms with Gasteiger partial charge in [-0.15, -0.1) is 0 Å². The van der Waals surface area contributed by atoms with Gasteiger partial charge in [-0.3, -0.25) is 0 Å². The second kappa shape index (κ2) is 9.20. The highest BCUT2D eigenvalue weighted by Crippen LogP contribution is 2.21. The SMILES string of the molecule is O=C1N=C(NCc2ccccc2)C(CCc2ccccc2)N1Cc1ccccc1. The van der Waals surface area contributed by atoms with Crippen molar-refractivity contribution in [3.63, 3.8) is 0 Å².